The summed E-state index contributed by atoms with van der Waals surface area (Å²) in [6.07, 6.45) is 0.0657. The van der Waals surface area contributed by atoms with Crippen LogP contribution >= 0.6 is 46.6 Å². The summed E-state index contributed by atoms with van der Waals surface area (Å²) < 4.78 is 3.02. The van der Waals surface area contributed by atoms with Crippen LogP contribution in [0, 0.1) is 5.92 Å². The van der Waals surface area contributed by atoms with Crippen molar-refractivity contribution in [2.24, 2.45) is 5.92 Å². The first-order chi connectivity index (χ1) is 13.0. The van der Waals surface area contributed by atoms with E-state index in [-0.39, 0.29) is 18.0 Å². The van der Waals surface area contributed by atoms with Crippen molar-refractivity contribution in [3.63, 3.8) is 0 Å². The predicted molar refractivity (Wildman–Crippen MR) is 105 cm³/mol. The molecule has 2 N–H and O–H groups in total. The smallest absolute Gasteiger partial charge is 0.357 e. The molecule has 28 heavy (non-hydrogen) atoms. The zero-order chi connectivity index (χ0) is 21.2. The number of carbonyl (C=O) groups excluding carboxylic acids is 3. The quantitative estimate of drug-likeness (QED) is 0.315. The maximum atomic E-state index is 12.6. The lowest BCUT2D eigenvalue weighted by atomic mass is 10.00. The van der Waals surface area contributed by atoms with Crippen LogP contribution in [0.3, 0.4) is 0 Å². The van der Waals surface area contributed by atoms with Gasteiger partial charge in [0, 0.05) is 12.2 Å². The minimum absolute atomic E-state index is 0.0204. The Kier molecular flexibility index (Phi) is 7.52. The normalized spacial score (nSPS) is 22.9. The highest BCUT2D eigenvalue weighted by molar-refractivity contribution is 8.00. The zero-order valence-corrected chi connectivity index (χ0v) is 18.1. The second-order valence-corrected chi connectivity index (χ2v) is 9.18. The number of β-lactam (4-membered cyclic amide) rings is 1. The number of aliphatic carboxylic acids is 1. The molecule has 0 aliphatic carbocycles. The van der Waals surface area contributed by atoms with Gasteiger partial charge in [-0.2, -0.15) is 0 Å². The number of halogens is 3. The van der Waals surface area contributed by atoms with Gasteiger partial charge in [-0.25, -0.2) is 4.79 Å². The number of nitrogens with zero attached hydrogens (tertiary/aromatic N) is 1. The number of carboxylic acid groups (broad SMARTS) is 1. The maximum Gasteiger partial charge on any atom is 0.357 e. The van der Waals surface area contributed by atoms with Gasteiger partial charge in [-0.1, -0.05) is 30.1 Å². The molecule has 0 spiro atoms. The SMILES string of the molecule is CCC(CC(=O)NC1C(=O)N2C(C(=O)OC(Cl)(Cl)CCl)=C(C)CS[C@H]12)C(=O)O. The first kappa shape index (κ1) is 23.1. The molecule has 1 fully saturated rings. The van der Waals surface area contributed by atoms with E-state index in [0.717, 1.165) is 0 Å². The van der Waals surface area contributed by atoms with E-state index in [0.29, 0.717) is 17.7 Å². The van der Waals surface area contributed by atoms with E-state index in [9.17, 15) is 19.2 Å². The molecule has 2 amide bonds. The van der Waals surface area contributed by atoms with Crippen LogP contribution in [0.2, 0.25) is 0 Å². The van der Waals surface area contributed by atoms with Gasteiger partial charge in [0.2, 0.25) is 5.91 Å². The van der Waals surface area contributed by atoms with E-state index in [1.54, 1.807) is 13.8 Å². The first-order valence-electron chi connectivity index (χ1n) is 8.36. The molecule has 0 radical (unpaired) electrons. The fourth-order valence-corrected chi connectivity index (χ4v) is 4.32. The van der Waals surface area contributed by atoms with E-state index in [4.69, 9.17) is 44.6 Å². The average molecular weight is 474 g/mol. The van der Waals surface area contributed by atoms with Crippen molar-refractivity contribution < 1.29 is 29.0 Å². The highest BCUT2D eigenvalue weighted by atomic mass is 35.5. The number of hydrogen-bond acceptors (Lipinski definition) is 6. The summed E-state index contributed by atoms with van der Waals surface area (Å²) in [6, 6.07) is -0.857. The molecule has 0 aromatic carbocycles. The van der Waals surface area contributed by atoms with Gasteiger partial charge in [-0.15, -0.1) is 23.4 Å². The third-order valence-electron chi connectivity index (χ3n) is 4.34. The molecule has 12 heteroatoms. The van der Waals surface area contributed by atoms with Crippen molar-refractivity contribution in [3.8, 4) is 0 Å². The van der Waals surface area contributed by atoms with Gasteiger partial charge in [0.05, 0.1) is 11.8 Å². The van der Waals surface area contributed by atoms with E-state index >= 15 is 0 Å². The molecule has 0 saturated carbocycles. The number of ether oxygens (including phenoxy) is 1. The van der Waals surface area contributed by atoms with Gasteiger partial charge in [0.15, 0.2) is 0 Å². The lowest BCUT2D eigenvalue weighted by Gasteiger charge is -2.49. The van der Waals surface area contributed by atoms with Crippen LogP contribution in [0.15, 0.2) is 11.3 Å². The van der Waals surface area contributed by atoms with Crippen molar-refractivity contribution >= 4 is 70.3 Å². The molecule has 2 aliphatic heterocycles. The summed E-state index contributed by atoms with van der Waals surface area (Å²) >= 11 is 18.4. The number of carboxylic acids is 1. The number of thioether (sulfide) groups is 1. The Labute approximate surface area is 180 Å². The molecular formula is C16H19Cl3N2O6S. The minimum Gasteiger partial charge on any atom is -0.481 e. The topological polar surface area (TPSA) is 113 Å². The molecule has 8 nitrogen and oxygen atoms in total. The Morgan fingerprint density at radius 3 is 2.61 bits per heavy atom. The standard InChI is InChI=1S/C16H19Cl3N2O6S/c1-3-8(14(24)25)4-9(22)20-10-12(23)21-11(7(2)5-28-13(10)21)15(26)27-16(18,19)6-17/h8,10,13H,3-6H2,1-2H3,(H,20,22)(H,24,25)/t8?,10?,13-/m1/s1. The van der Waals surface area contributed by atoms with Crippen LogP contribution in [0.1, 0.15) is 26.7 Å². The van der Waals surface area contributed by atoms with Gasteiger partial charge >= 0.3 is 11.9 Å². The fraction of sp³-hybridized carbons (Fsp3) is 0.625. The van der Waals surface area contributed by atoms with Crippen LogP contribution in [0.4, 0.5) is 0 Å². The summed E-state index contributed by atoms with van der Waals surface area (Å²) in [5.74, 6) is -3.75. The highest BCUT2D eigenvalue weighted by Gasteiger charge is 2.54. The summed E-state index contributed by atoms with van der Waals surface area (Å²) in [5, 5.41) is 11.1. The Balaban J connectivity index is 2.08. The van der Waals surface area contributed by atoms with E-state index < -0.39 is 45.6 Å². The van der Waals surface area contributed by atoms with Crippen molar-refractivity contribution in [2.75, 3.05) is 11.6 Å². The number of carbonyl (C=O) groups is 4. The first-order valence-corrected chi connectivity index (χ1v) is 10.7. The van der Waals surface area contributed by atoms with Crippen LogP contribution in [-0.2, 0) is 23.9 Å². The van der Waals surface area contributed by atoms with Gasteiger partial charge in [0.25, 0.3) is 10.4 Å². The predicted octanol–water partition coefficient (Wildman–Crippen LogP) is 2.07. The van der Waals surface area contributed by atoms with Gasteiger partial charge < -0.3 is 15.2 Å². The molecule has 0 aromatic heterocycles. The molecule has 156 valence electrons. The summed E-state index contributed by atoms with van der Waals surface area (Å²) in [4.78, 5) is 49.4. The van der Waals surface area contributed by atoms with Crippen LogP contribution < -0.4 is 5.32 Å². The third kappa shape index (κ3) is 4.87. The largest absolute Gasteiger partial charge is 0.481 e. The second-order valence-electron chi connectivity index (χ2n) is 6.39. The number of hydrogen-bond donors (Lipinski definition) is 2. The van der Waals surface area contributed by atoms with Crippen molar-refractivity contribution in [1.29, 1.82) is 0 Å². The molecule has 1 saturated heterocycles. The molecule has 0 bridgehead atoms. The molecule has 2 heterocycles. The number of fused-ring (bicyclic) bond motifs is 1. The lowest BCUT2D eigenvalue weighted by molar-refractivity contribution is -0.154. The Morgan fingerprint density at radius 1 is 1.43 bits per heavy atom. The van der Waals surface area contributed by atoms with Crippen molar-refractivity contribution in [1.82, 2.24) is 10.2 Å². The van der Waals surface area contributed by atoms with Gasteiger partial charge in [-0.05, 0) is 18.9 Å². The Morgan fingerprint density at radius 2 is 2.07 bits per heavy atom. The fourth-order valence-electron chi connectivity index (χ4n) is 2.84. The molecule has 2 aliphatic rings. The second kappa shape index (κ2) is 9.11. The number of rotatable bonds is 8. The van der Waals surface area contributed by atoms with E-state index in [1.807, 2.05) is 0 Å². The summed E-state index contributed by atoms with van der Waals surface area (Å²) in [7, 11) is 0. The molecular weight excluding hydrogens is 455 g/mol. The van der Waals surface area contributed by atoms with Gasteiger partial charge in [0.1, 0.15) is 17.1 Å². The van der Waals surface area contributed by atoms with Crippen molar-refractivity contribution in [2.45, 2.75) is 42.6 Å². The lowest BCUT2D eigenvalue weighted by Crippen LogP contribution is -2.70. The number of alkyl halides is 3. The molecule has 2 unspecified atom stereocenters. The Bertz CT molecular complexity index is 729. The maximum absolute atomic E-state index is 12.6. The van der Waals surface area contributed by atoms with E-state index in [2.05, 4.69) is 5.32 Å². The summed E-state index contributed by atoms with van der Waals surface area (Å²) in [6.45, 7) is 3.34. The molecule has 3 atom stereocenters. The average Bonchev–Trinajstić information content (AvgIpc) is 2.63. The van der Waals surface area contributed by atoms with E-state index in [1.165, 1.54) is 16.7 Å². The monoisotopic (exact) mass is 472 g/mol. The number of esters is 1. The minimum atomic E-state index is -1.93. The Hall–Kier alpha value is -1.16. The zero-order valence-electron chi connectivity index (χ0n) is 15.0. The van der Waals surface area contributed by atoms with Crippen molar-refractivity contribution in [3.05, 3.63) is 11.3 Å². The van der Waals surface area contributed by atoms with Crippen LogP contribution in [0.25, 0.3) is 0 Å². The number of amides is 2. The van der Waals surface area contributed by atoms with Crippen LogP contribution in [-0.4, -0.2) is 61.3 Å². The van der Waals surface area contributed by atoms with Crippen LogP contribution in [0.5, 0.6) is 0 Å². The summed E-state index contributed by atoms with van der Waals surface area (Å²) in [5.41, 5.74) is 0.618. The molecule has 0 aromatic rings. The van der Waals surface area contributed by atoms with Gasteiger partial charge in [-0.3, -0.25) is 19.3 Å². The molecule has 2 rings (SSSR count). The highest BCUT2D eigenvalue weighted by Crippen LogP contribution is 2.41. The third-order valence-corrected chi connectivity index (χ3v) is 6.84. The number of nitrogens with one attached hydrogen (secondary N) is 1.